The van der Waals surface area contributed by atoms with Crippen molar-refractivity contribution in [2.45, 2.75) is 57.2 Å². The van der Waals surface area contributed by atoms with E-state index in [-0.39, 0.29) is 37.3 Å². The molecule has 10 nitrogen and oxygen atoms in total. The average Bonchev–Trinajstić information content (AvgIpc) is 2.84. The number of nitrogens with one attached hydrogen (secondary N) is 3. The molecule has 16 heteroatoms. The average molecular weight is 578 g/mol. The summed E-state index contributed by atoms with van der Waals surface area (Å²) in [4.78, 5) is 32.1. The van der Waals surface area contributed by atoms with Crippen LogP contribution in [0.5, 0.6) is 0 Å². The van der Waals surface area contributed by atoms with Gasteiger partial charge in [0.1, 0.15) is 5.56 Å². The molecule has 0 unspecified atom stereocenters. The Balaban J connectivity index is 1.30. The van der Waals surface area contributed by atoms with Crippen LogP contribution in [0.25, 0.3) is 0 Å². The summed E-state index contributed by atoms with van der Waals surface area (Å²) in [5.41, 5.74) is -4.46. The maximum absolute atomic E-state index is 13.2. The second-order valence-electron chi connectivity index (χ2n) is 10.3. The summed E-state index contributed by atoms with van der Waals surface area (Å²) in [6, 6.07) is 0.168. The van der Waals surface area contributed by atoms with Gasteiger partial charge in [-0.25, -0.2) is 10.1 Å². The number of anilines is 3. The van der Waals surface area contributed by atoms with Crippen LogP contribution in [0.1, 0.15) is 38.3 Å². The lowest BCUT2D eigenvalue weighted by Crippen LogP contribution is -2.66. The molecule has 0 radical (unpaired) electrons. The lowest BCUT2D eigenvalue weighted by molar-refractivity contribution is -0.138. The molecule has 1 saturated heterocycles. The number of alkyl halides is 6. The predicted molar refractivity (Wildman–Crippen MR) is 133 cm³/mol. The third-order valence-corrected chi connectivity index (χ3v) is 6.86. The van der Waals surface area contributed by atoms with E-state index in [1.807, 2.05) is 18.7 Å². The van der Waals surface area contributed by atoms with E-state index in [2.05, 4.69) is 20.7 Å². The molecule has 0 bridgehead atoms. The van der Waals surface area contributed by atoms with E-state index >= 15 is 0 Å². The molecule has 0 aliphatic carbocycles. The van der Waals surface area contributed by atoms with Crippen LogP contribution < -0.4 is 21.1 Å². The number of piperazine rings is 1. The molecule has 4 rings (SSSR count). The van der Waals surface area contributed by atoms with Gasteiger partial charge in [0.25, 0.3) is 5.56 Å². The van der Waals surface area contributed by atoms with E-state index in [0.29, 0.717) is 25.5 Å². The molecular formula is C24H29F6N7O3. The van der Waals surface area contributed by atoms with Gasteiger partial charge >= 0.3 is 12.4 Å². The monoisotopic (exact) mass is 577 g/mol. The van der Waals surface area contributed by atoms with Crippen LogP contribution in [0.4, 0.5) is 43.5 Å². The number of aromatic nitrogens is 3. The standard InChI is InChI=1S/C24H29F6N7O3/c1-13(33-16-10-32-35-21(39)19(16)24(28,29)30)12-40-7-4-18(38)36-5-6-37-17(11-36)22(2,3)34-15-8-14(23(25,26)27)9-31-20(15)37/h8-10,13,17,34H,4-7,11-12H2,1-3H3,(H2,33,35,39)/t13-,17+/m0/s1. The van der Waals surface area contributed by atoms with Crippen LogP contribution in [0.2, 0.25) is 0 Å². The fraction of sp³-hybridized carbons (Fsp3) is 0.583. The molecule has 2 atom stereocenters. The highest BCUT2D eigenvalue weighted by molar-refractivity contribution is 5.78. The molecule has 2 aliphatic rings. The van der Waals surface area contributed by atoms with E-state index < -0.39 is 46.3 Å². The maximum atomic E-state index is 13.2. The van der Waals surface area contributed by atoms with Crippen LogP contribution >= 0.6 is 0 Å². The Labute approximate surface area is 225 Å². The highest BCUT2D eigenvalue weighted by Crippen LogP contribution is 2.41. The topological polar surface area (TPSA) is 115 Å². The van der Waals surface area contributed by atoms with Gasteiger partial charge in [-0.2, -0.15) is 31.4 Å². The Morgan fingerprint density at radius 1 is 1.20 bits per heavy atom. The van der Waals surface area contributed by atoms with Crippen molar-refractivity contribution < 1.29 is 35.9 Å². The van der Waals surface area contributed by atoms with Crippen LogP contribution in [0.15, 0.2) is 23.3 Å². The summed E-state index contributed by atoms with van der Waals surface area (Å²) in [6.45, 7) is 6.26. The summed E-state index contributed by atoms with van der Waals surface area (Å²) in [5.74, 6) is 0.207. The molecule has 3 N–H and O–H groups in total. The molecular weight excluding hydrogens is 548 g/mol. The van der Waals surface area contributed by atoms with Gasteiger partial charge in [-0.15, -0.1) is 0 Å². The minimum Gasteiger partial charge on any atom is -0.379 e. The first-order valence-corrected chi connectivity index (χ1v) is 12.5. The zero-order valence-corrected chi connectivity index (χ0v) is 21.9. The number of carbonyl (C=O) groups is 1. The second kappa shape index (κ2) is 10.8. The zero-order valence-electron chi connectivity index (χ0n) is 21.9. The van der Waals surface area contributed by atoms with Gasteiger partial charge in [0.2, 0.25) is 5.91 Å². The number of rotatable bonds is 7. The van der Waals surface area contributed by atoms with Crippen LogP contribution in [0.3, 0.4) is 0 Å². The third-order valence-electron chi connectivity index (χ3n) is 6.86. The quantitative estimate of drug-likeness (QED) is 0.339. The molecule has 2 aliphatic heterocycles. The van der Waals surface area contributed by atoms with Crippen LogP contribution in [-0.2, 0) is 21.9 Å². The molecule has 1 amide bonds. The first kappa shape index (κ1) is 29.4. The molecule has 0 aromatic carbocycles. The molecule has 2 aromatic rings. The second-order valence-corrected chi connectivity index (χ2v) is 10.3. The number of ether oxygens (including phenoxy) is 1. The molecule has 2 aromatic heterocycles. The van der Waals surface area contributed by atoms with Crippen LogP contribution in [-0.4, -0.2) is 76.5 Å². The van der Waals surface area contributed by atoms with E-state index in [4.69, 9.17) is 4.74 Å². The lowest BCUT2D eigenvalue weighted by atomic mass is 9.88. The van der Waals surface area contributed by atoms with E-state index in [1.54, 1.807) is 16.9 Å². The highest BCUT2D eigenvalue weighted by atomic mass is 19.4. The van der Waals surface area contributed by atoms with Crippen molar-refractivity contribution >= 4 is 23.1 Å². The number of hydrogen-bond acceptors (Lipinski definition) is 8. The molecule has 40 heavy (non-hydrogen) atoms. The number of pyridine rings is 1. The first-order valence-electron chi connectivity index (χ1n) is 12.5. The van der Waals surface area contributed by atoms with Crippen molar-refractivity contribution in [2.24, 2.45) is 0 Å². The Morgan fingerprint density at radius 3 is 2.60 bits per heavy atom. The van der Waals surface area contributed by atoms with Gasteiger partial charge in [0.05, 0.1) is 54.4 Å². The molecule has 220 valence electrons. The number of carbonyl (C=O) groups excluding carboxylic acids is 1. The van der Waals surface area contributed by atoms with Gasteiger partial charge < -0.3 is 25.2 Å². The van der Waals surface area contributed by atoms with Gasteiger partial charge in [-0.3, -0.25) is 9.59 Å². The predicted octanol–water partition coefficient (Wildman–Crippen LogP) is 3.33. The molecule has 0 saturated carbocycles. The van der Waals surface area contributed by atoms with E-state index in [0.717, 1.165) is 18.5 Å². The Morgan fingerprint density at radius 2 is 1.93 bits per heavy atom. The van der Waals surface area contributed by atoms with Gasteiger partial charge in [-0.1, -0.05) is 0 Å². The van der Waals surface area contributed by atoms with E-state index in [9.17, 15) is 35.9 Å². The smallest absolute Gasteiger partial charge is 0.379 e. The Hall–Kier alpha value is -3.56. The third kappa shape index (κ3) is 6.26. The summed E-state index contributed by atoms with van der Waals surface area (Å²) >= 11 is 0. The van der Waals surface area contributed by atoms with Gasteiger partial charge in [-0.05, 0) is 26.8 Å². The Kier molecular flexibility index (Phi) is 7.93. The number of aromatic amines is 1. The number of hydrogen-bond donors (Lipinski definition) is 3. The molecule has 0 spiro atoms. The maximum Gasteiger partial charge on any atom is 0.423 e. The lowest BCUT2D eigenvalue weighted by Gasteiger charge is -2.53. The number of fused-ring (bicyclic) bond motifs is 3. The van der Waals surface area contributed by atoms with Crippen molar-refractivity contribution in [1.29, 1.82) is 0 Å². The van der Waals surface area contributed by atoms with Crippen molar-refractivity contribution in [3.8, 4) is 0 Å². The molecule has 1 fully saturated rings. The first-order chi connectivity index (χ1) is 18.6. The fourth-order valence-corrected chi connectivity index (χ4v) is 4.92. The number of nitrogens with zero attached hydrogens (tertiary/aromatic N) is 4. The van der Waals surface area contributed by atoms with Gasteiger partial charge in [0.15, 0.2) is 5.82 Å². The summed E-state index contributed by atoms with van der Waals surface area (Å²) in [6.07, 6.45) is -7.69. The number of amides is 1. The van der Waals surface area contributed by atoms with Crippen LogP contribution in [0, 0.1) is 0 Å². The van der Waals surface area contributed by atoms with Crippen molar-refractivity contribution in [3.05, 3.63) is 39.9 Å². The largest absolute Gasteiger partial charge is 0.423 e. The summed E-state index contributed by atoms with van der Waals surface area (Å²) in [5, 5.41) is 10.9. The molecule has 4 heterocycles. The zero-order chi connectivity index (χ0) is 29.5. The van der Waals surface area contributed by atoms with E-state index in [1.165, 1.54) is 0 Å². The fourth-order valence-electron chi connectivity index (χ4n) is 4.92. The minimum atomic E-state index is -4.87. The SMILES string of the molecule is C[C@@H](COCCC(=O)N1CCN2c3ncc(C(F)(F)F)cc3NC(C)(C)[C@H]2C1)Nc1cn[nH]c(=O)c1C(F)(F)F. The minimum absolute atomic E-state index is 0.0156. The summed E-state index contributed by atoms with van der Waals surface area (Å²) < 4.78 is 84.6. The number of H-pyrrole nitrogens is 1. The Bertz CT molecular complexity index is 1300. The van der Waals surface area contributed by atoms with Crippen molar-refractivity contribution in [3.63, 3.8) is 0 Å². The number of halogens is 6. The highest BCUT2D eigenvalue weighted by Gasteiger charge is 2.45. The summed E-state index contributed by atoms with van der Waals surface area (Å²) in [7, 11) is 0. The van der Waals surface area contributed by atoms with Gasteiger partial charge in [0, 0.05) is 31.9 Å². The normalized spacial score (nSPS) is 19.4. The van der Waals surface area contributed by atoms with Crippen molar-refractivity contribution in [2.75, 3.05) is 48.4 Å². The van der Waals surface area contributed by atoms with Crippen molar-refractivity contribution in [1.82, 2.24) is 20.1 Å².